The Kier molecular flexibility index (Phi) is 4.88. The highest BCUT2D eigenvalue weighted by molar-refractivity contribution is 6.00. The van der Waals surface area contributed by atoms with Crippen molar-refractivity contribution in [3.05, 3.63) is 54.1 Å². The zero-order valence-electron chi connectivity index (χ0n) is 14.2. The fraction of sp³-hybridized carbons (Fsp3) is 0.263. The van der Waals surface area contributed by atoms with Crippen LogP contribution in [0.4, 0.5) is 5.69 Å². The van der Waals surface area contributed by atoms with Crippen LogP contribution in [-0.4, -0.2) is 38.6 Å². The standard InChI is InChI=1S/C19H20N2O4/c1-24-15-7-5-6-14(11-15)21-12-13(10-18(21)22)20-19(23)16-8-3-4-9-17(16)25-2/h3-9,11,13H,10,12H2,1-2H3,(H,20,23)/t13-/m0/s1. The van der Waals surface area contributed by atoms with E-state index in [1.807, 2.05) is 24.3 Å². The zero-order valence-corrected chi connectivity index (χ0v) is 14.2. The third kappa shape index (κ3) is 3.57. The summed E-state index contributed by atoms with van der Waals surface area (Å²) in [4.78, 5) is 26.5. The average molecular weight is 340 g/mol. The molecule has 1 fully saturated rings. The Morgan fingerprint density at radius 3 is 2.68 bits per heavy atom. The number of methoxy groups -OCH3 is 2. The minimum absolute atomic E-state index is 0.0291. The molecule has 1 saturated heterocycles. The van der Waals surface area contributed by atoms with Crippen LogP contribution in [0.3, 0.4) is 0 Å². The molecule has 1 aliphatic heterocycles. The second kappa shape index (κ2) is 7.25. The first kappa shape index (κ1) is 16.8. The van der Waals surface area contributed by atoms with Crippen molar-refractivity contribution in [3.63, 3.8) is 0 Å². The largest absolute Gasteiger partial charge is 0.497 e. The lowest BCUT2D eigenvalue weighted by Crippen LogP contribution is -2.37. The van der Waals surface area contributed by atoms with Gasteiger partial charge in [-0.2, -0.15) is 0 Å². The van der Waals surface area contributed by atoms with Crippen molar-refractivity contribution >= 4 is 17.5 Å². The van der Waals surface area contributed by atoms with E-state index in [0.29, 0.717) is 23.6 Å². The summed E-state index contributed by atoms with van der Waals surface area (Å²) in [5.41, 5.74) is 1.22. The van der Waals surface area contributed by atoms with E-state index in [2.05, 4.69) is 5.32 Å². The number of carbonyl (C=O) groups is 2. The summed E-state index contributed by atoms with van der Waals surface area (Å²) in [6.45, 7) is 0.424. The molecule has 2 aromatic carbocycles. The van der Waals surface area contributed by atoms with Gasteiger partial charge < -0.3 is 19.7 Å². The van der Waals surface area contributed by atoms with Gasteiger partial charge in [0.25, 0.3) is 5.91 Å². The van der Waals surface area contributed by atoms with Crippen LogP contribution in [0.15, 0.2) is 48.5 Å². The van der Waals surface area contributed by atoms with Crippen LogP contribution in [0.25, 0.3) is 0 Å². The summed E-state index contributed by atoms with van der Waals surface area (Å²) in [6.07, 6.45) is 0.262. The van der Waals surface area contributed by atoms with E-state index in [1.165, 1.54) is 7.11 Å². The number of amides is 2. The number of rotatable bonds is 5. The highest BCUT2D eigenvalue weighted by atomic mass is 16.5. The van der Waals surface area contributed by atoms with Crippen LogP contribution in [-0.2, 0) is 4.79 Å². The molecule has 1 atom stereocenters. The van der Waals surface area contributed by atoms with Gasteiger partial charge in [-0.3, -0.25) is 9.59 Å². The molecule has 1 N–H and O–H groups in total. The number of hydrogen-bond donors (Lipinski definition) is 1. The summed E-state index contributed by atoms with van der Waals surface area (Å²) in [5, 5.41) is 2.92. The molecule has 6 heteroatoms. The quantitative estimate of drug-likeness (QED) is 0.906. The molecule has 1 aliphatic rings. The van der Waals surface area contributed by atoms with Gasteiger partial charge in [-0.1, -0.05) is 18.2 Å². The number of nitrogens with one attached hydrogen (secondary N) is 1. The van der Waals surface area contributed by atoms with Crippen LogP contribution < -0.4 is 19.7 Å². The van der Waals surface area contributed by atoms with Gasteiger partial charge in [0, 0.05) is 24.7 Å². The van der Waals surface area contributed by atoms with Crippen molar-refractivity contribution in [2.75, 3.05) is 25.7 Å². The van der Waals surface area contributed by atoms with E-state index in [1.54, 1.807) is 36.3 Å². The molecule has 2 amide bonds. The maximum Gasteiger partial charge on any atom is 0.255 e. The number of carbonyl (C=O) groups excluding carboxylic acids is 2. The van der Waals surface area contributed by atoms with E-state index in [0.717, 1.165) is 5.69 Å². The maximum absolute atomic E-state index is 12.5. The van der Waals surface area contributed by atoms with E-state index >= 15 is 0 Å². The number of nitrogens with zero attached hydrogens (tertiary/aromatic N) is 1. The van der Waals surface area contributed by atoms with Gasteiger partial charge in [0.05, 0.1) is 25.8 Å². The number of anilines is 1. The lowest BCUT2D eigenvalue weighted by Gasteiger charge is -2.18. The minimum atomic E-state index is -0.254. The smallest absolute Gasteiger partial charge is 0.255 e. The molecule has 130 valence electrons. The molecule has 0 unspecified atom stereocenters. The van der Waals surface area contributed by atoms with Gasteiger partial charge in [-0.15, -0.1) is 0 Å². The van der Waals surface area contributed by atoms with E-state index in [9.17, 15) is 9.59 Å². The molecule has 0 radical (unpaired) electrons. The minimum Gasteiger partial charge on any atom is -0.497 e. The third-order valence-electron chi connectivity index (χ3n) is 4.18. The lowest BCUT2D eigenvalue weighted by molar-refractivity contribution is -0.117. The van der Waals surface area contributed by atoms with Gasteiger partial charge in [0.2, 0.25) is 5.91 Å². The first-order chi connectivity index (χ1) is 12.1. The predicted molar refractivity (Wildman–Crippen MR) is 94.2 cm³/mol. The summed E-state index contributed by atoms with van der Waals surface area (Å²) in [6, 6.07) is 14.1. The molecule has 0 spiro atoms. The molecule has 2 aromatic rings. The molecule has 0 bridgehead atoms. The van der Waals surface area contributed by atoms with Crippen molar-refractivity contribution < 1.29 is 19.1 Å². The van der Waals surface area contributed by atoms with Crippen LogP contribution in [0, 0.1) is 0 Å². The number of benzene rings is 2. The van der Waals surface area contributed by atoms with Gasteiger partial charge in [-0.25, -0.2) is 0 Å². The van der Waals surface area contributed by atoms with Crippen molar-refractivity contribution in [1.82, 2.24) is 5.32 Å². The second-order valence-corrected chi connectivity index (χ2v) is 5.78. The third-order valence-corrected chi connectivity index (χ3v) is 4.18. The molecule has 6 nitrogen and oxygen atoms in total. The Labute approximate surface area is 146 Å². The molecule has 0 aliphatic carbocycles. The summed E-state index contributed by atoms with van der Waals surface area (Å²) in [5.74, 6) is 0.919. The summed E-state index contributed by atoms with van der Waals surface area (Å²) < 4.78 is 10.4. The normalized spacial score (nSPS) is 16.6. The molecule has 3 rings (SSSR count). The Morgan fingerprint density at radius 1 is 1.12 bits per heavy atom. The molecular weight excluding hydrogens is 320 g/mol. The monoisotopic (exact) mass is 340 g/mol. The molecular formula is C19H20N2O4. The topological polar surface area (TPSA) is 67.9 Å². The molecule has 0 aromatic heterocycles. The lowest BCUT2D eigenvalue weighted by atomic mass is 10.1. The van der Waals surface area contributed by atoms with Gasteiger partial charge >= 0.3 is 0 Å². The molecule has 1 heterocycles. The van der Waals surface area contributed by atoms with Crippen molar-refractivity contribution in [1.29, 1.82) is 0 Å². The van der Waals surface area contributed by atoms with Gasteiger partial charge in [0.1, 0.15) is 11.5 Å². The highest BCUT2D eigenvalue weighted by Crippen LogP contribution is 2.26. The number of hydrogen-bond acceptors (Lipinski definition) is 4. The second-order valence-electron chi connectivity index (χ2n) is 5.78. The Morgan fingerprint density at radius 2 is 1.92 bits per heavy atom. The summed E-state index contributed by atoms with van der Waals surface area (Å²) >= 11 is 0. The van der Waals surface area contributed by atoms with Crippen LogP contribution >= 0.6 is 0 Å². The Hall–Kier alpha value is -3.02. The zero-order chi connectivity index (χ0) is 17.8. The van der Waals surface area contributed by atoms with Crippen molar-refractivity contribution in [2.24, 2.45) is 0 Å². The number of ether oxygens (including phenoxy) is 2. The number of para-hydroxylation sites is 1. The maximum atomic E-state index is 12.5. The Bertz CT molecular complexity index is 790. The van der Waals surface area contributed by atoms with E-state index < -0.39 is 0 Å². The van der Waals surface area contributed by atoms with E-state index in [-0.39, 0.29) is 24.3 Å². The van der Waals surface area contributed by atoms with Gasteiger partial charge in [-0.05, 0) is 24.3 Å². The van der Waals surface area contributed by atoms with Crippen LogP contribution in [0.1, 0.15) is 16.8 Å². The first-order valence-electron chi connectivity index (χ1n) is 8.00. The molecule has 0 saturated carbocycles. The van der Waals surface area contributed by atoms with E-state index in [4.69, 9.17) is 9.47 Å². The Balaban J connectivity index is 1.71. The van der Waals surface area contributed by atoms with Crippen LogP contribution in [0.5, 0.6) is 11.5 Å². The average Bonchev–Trinajstić information content (AvgIpc) is 3.01. The van der Waals surface area contributed by atoms with Gasteiger partial charge in [0.15, 0.2) is 0 Å². The van der Waals surface area contributed by atoms with Crippen molar-refractivity contribution in [3.8, 4) is 11.5 Å². The fourth-order valence-corrected chi connectivity index (χ4v) is 2.93. The first-order valence-corrected chi connectivity index (χ1v) is 8.00. The predicted octanol–water partition coefficient (Wildman–Crippen LogP) is 2.24. The fourth-order valence-electron chi connectivity index (χ4n) is 2.93. The van der Waals surface area contributed by atoms with Crippen LogP contribution in [0.2, 0.25) is 0 Å². The summed E-state index contributed by atoms with van der Waals surface area (Å²) in [7, 11) is 3.11. The highest BCUT2D eigenvalue weighted by Gasteiger charge is 2.32. The van der Waals surface area contributed by atoms with Crippen molar-refractivity contribution in [2.45, 2.75) is 12.5 Å². The SMILES string of the molecule is COc1cccc(N2C[C@@H](NC(=O)c3ccccc3OC)CC2=O)c1. The molecule has 25 heavy (non-hydrogen) atoms.